The van der Waals surface area contributed by atoms with Gasteiger partial charge >= 0.3 is 0 Å². The van der Waals surface area contributed by atoms with Crippen molar-refractivity contribution in [3.05, 3.63) is 64.7 Å². The quantitative estimate of drug-likeness (QED) is 0.869. The Morgan fingerprint density at radius 2 is 1.67 bits per heavy atom. The normalized spacial score (nSPS) is 10.3. The Morgan fingerprint density at radius 3 is 2.25 bits per heavy atom. The monoisotopic (exact) mass is 344 g/mol. The Morgan fingerprint density at radius 1 is 1.04 bits per heavy atom. The first-order valence-corrected chi connectivity index (χ1v) is 8.18. The van der Waals surface area contributed by atoms with Gasteiger partial charge in [0.2, 0.25) is 11.8 Å². The molecule has 24 heavy (non-hydrogen) atoms. The van der Waals surface area contributed by atoms with Gasteiger partial charge in [-0.3, -0.25) is 9.59 Å². The second kappa shape index (κ2) is 8.50. The van der Waals surface area contributed by atoms with Crippen LogP contribution in [0.4, 0.5) is 5.69 Å². The van der Waals surface area contributed by atoms with Gasteiger partial charge in [-0.25, -0.2) is 0 Å². The molecule has 126 valence electrons. The van der Waals surface area contributed by atoms with Crippen LogP contribution in [0.2, 0.25) is 5.02 Å². The zero-order valence-electron chi connectivity index (χ0n) is 13.9. The van der Waals surface area contributed by atoms with E-state index in [1.54, 1.807) is 0 Å². The van der Waals surface area contributed by atoms with Crippen molar-refractivity contribution in [1.29, 1.82) is 0 Å². The Labute approximate surface area is 147 Å². The van der Waals surface area contributed by atoms with Gasteiger partial charge in [0, 0.05) is 24.2 Å². The van der Waals surface area contributed by atoms with Crippen LogP contribution in [-0.2, 0) is 16.0 Å². The molecule has 2 rings (SSSR count). The van der Waals surface area contributed by atoms with Crippen molar-refractivity contribution >= 4 is 29.1 Å². The first-order chi connectivity index (χ1) is 11.4. The molecule has 2 amide bonds. The number of carbonyl (C=O) groups is 2. The van der Waals surface area contributed by atoms with E-state index >= 15 is 0 Å². The van der Waals surface area contributed by atoms with Crippen molar-refractivity contribution in [2.75, 3.05) is 18.4 Å². The SMILES string of the molecule is CC(=O)N(CCc1ccc(Cl)cc1)CC(=O)Nc1ccc(C)cc1. The molecular weight excluding hydrogens is 324 g/mol. The summed E-state index contributed by atoms with van der Waals surface area (Å²) in [7, 11) is 0. The van der Waals surface area contributed by atoms with Crippen molar-refractivity contribution in [2.45, 2.75) is 20.3 Å². The van der Waals surface area contributed by atoms with Crippen LogP contribution in [0.1, 0.15) is 18.1 Å². The predicted octanol–water partition coefficient (Wildman–Crippen LogP) is 3.68. The number of nitrogens with zero attached hydrogens (tertiary/aromatic N) is 1. The average molecular weight is 345 g/mol. The molecule has 0 aromatic heterocycles. The van der Waals surface area contributed by atoms with Crippen LogP contribution < -0.4 is 5.32 Å². The van der Waals surface area contributed by atoms with Crippen molar-refractivity contribution in [3.63, 3.8) is 0 Å². The molecule has 5 heteroatoms. The summed E-state index contributed by atoms with van der Waals surface area (Å²) in [6.07, 6.45) is 0.675. The lowest BCUT2D eigenvalue weighted by Crippen LogP contribution is -2.38. The molecule has 0 saturated carbocycles. The van der Waals surface area contributed by atoms with E-state index in [9.17, 15) is 9.59 Å². The highest BCUT2D eigenvalue weighted by Gasteiger charge is 2.13. The topological polar surface area (TPSA) is 49.4 Å². The van der Waals surface area contributed by atoms with Gasteiger partial charge in [-0.05, 0) is 43.2 Å². The van der Waals surface area contributed by atoms with Crippen LogP contribution in [0, 0.1) is 6.92 Å². The van der Waals surface area contributed by atoms with Gasteiger partial charge in [-0.1, -0.05) is 41.4 Å². The molecule has 4 nitrogen and oxygen atoms in total. The molecule has 2 aromatic carbocycles. The summed E-state index contributed by atoms with van der Waals surface area (Å²) in [4.78, 5) is 25.5. The summed E-state index contributed by atoms with van der Waals surface area (Å²) in [6, 6.07) is 15.0. The number of benzene rings is 2. The molecule has 0 heterocycles. The highest BCUT2D eigenvalue weighted by molar-refractivity contribution is 6.30. The van der Waals surface area contributed by atoms with Crippen LogP contribution in [-0.4, -0.2) is 29.8 Å². The second-order valence-corrected chi connectivity index (χ2v) is 6.17. The van der Waals surface area contributed by atoms with Gasteiger partial charge in [0.1, 0.15) is 0 Å². The summed E-state index contributed by atoms with van der Waals surface area (Å²) < 4.78 is 0. The fourth-order valence-corrected chi connectivity index (χ4v) is 2.40. The van der Waals surface area contributed by atoms with Gasteiger partial charge in [-0.2, -0.15) is 0 Å². The van der Waals surface area contributed by atoms with Crippen LogP contribution >= 0.6 is 11.6 Å². The lowest BCUT2D eigenvalue weighted by molar-refractivity contribution is -0.132. The van der Waals surface area contributed by atoms with E-state index in [2.05, 4.69) is 5.32 Å². The predicted molar refractivity (Wildman–Crippen MR) is 97.2 cm³/mol. The Hall–Kier alpha value is -2.33. The van der Waals surface area contributed by atoms with Gasteiger partial charge in [-0.15, -0.1) is 0 Å². The molecule has 0 aliphatic heterocycles. The van der Waals surface area contributed by atoms with Gasteiger partial charge in [0.25, 0.3) is 0 Å². The molecular formula is C19H21ClN2O2. The van der Waals surface area contributed by atoms with Crippen molar-refractivity contribution in [2.24, 2.45) is 0 Å². The number of amides is 2. The average Bonchev–Trinajstić information content (AvgIpc) is 2.55. The smallest absolute Gasteiger partial charge is 0.243 e. The summed E-state index contributed by atoms with van der Waals surface area (Å²) in [6.45, 7) is 3.98. The van der Waals surface area contributed by atoms with Crippen LogP contribution in [0.15, 0.2) is 48.5 Å². The van der Waals surface area contributed by atoms with Crippen molar-refractivity contribution < 1.29 is 9.59 Å². The van der Waals surface area contributed by atoms with E-state index in [0.717, 1.165) is 16.8 Å². The first-order valence-electron chi connectivity index (χ1n) is 7.80. The third-order valence-electron chi connectivity index (χ3n) is 3.70. The number of nitrogens with one attached hydrogen (secondary N) is 1. The summed E-state index contributed by atoms with van der Waals surface area (Å²) >= 11 is 5.86. The number of carbonyl (C=O) groups excluding carboxylic acids is 2. The summed E-state index contributed by atoms with van der Waals surface area (Å²) in [5.74, 6) is -0.326. The number of anilines is 1. The van der Waals surface area contributed by atoms with Crippen molar-refractivity contribution in [1.82, 2.24) is 4.90 Å². The minimum atomic E-state index is -0.204. The highest BCUT2D eigenvalue weighted by Crippen LogP contribution is 2.11. The molecule has 2 aromatic rings. The summed E-state index contributed by atoms with van der Waals surface area (Å²) in [5.41, 5.74) is 2.93. The first kappa shape index (κ1) is 18.0. The lowest BCUT2D eigenvalue weighted by Gasteiger charge is -2.20. The van der Waals surface area contributed by atoms with E-state index in [1.165, 1.54) is 11.8 Å². The zero-order valence-corrected chi connectivity index (χ0v) is 14.6. The highest BCUT2D eigenvalue weighted by atomic mass is 35.5. The maximum atomic E-state index is 12.1. The Balaban J connectivity index is 1.90. The standard InChI is InChI=1S/C19H21ClN2O2/c1-14-3-9-18(10-4-14)21-19(24)13-22(15(2)23)12-11-16-5-7-17(20)8-6-16/h3-10H,11-13H2,1-2H3,(H,21,24). The minimum absolute atomic E-state index is 0.0385. The number of aryl methyl sites for hydroxylation is 1. The molecule has 0 aliphatic carbocycles. The van der Waals surface area contributed by atoms with E-state index in [0.29, 0.717) is 18.0 Å². The van der Waals surface area contributed by atoms with E-state index in [4.69, 9.17) is 11.6 Å². The van der Waals surface area contributed by atoms with E-state index in [1.807, 2.05) is 55.5 Å². The molecule has 0 radical (unpaired) electrons. The molecule has 0 saturated heterocycles. The molecule has 0 bridgehead atoms. The van der Waals surface area contributed by atoms with Gasteiger partial charge in [0.15, 0.2) is 0 Å². The van der Waals surface area contributed by atoms with Crippen LogP contribution in [0.5, 0.6) is 0 Å². The lowest BCUT2D eigenvalue weighted by atomic mass is 10.1. The van der Waals surface area contributed by atoms with E-state index in [-0.39, 0.29) is 18.4 Å². The third kappa shape index (κ3) is 5.70. The fourth-order valence-electron chi connectivity index (χ4n) is 2.27. The maximum absolute atomic E-state index is 12.1. The molecule has 0 fully saturated rings. The number of halogens is 1. The fraction of sp³-hybridized carbons (Fsp3) is 0.263. The zero-order chi connectivity index (χ0) is 17.5. The van der Waals surface area contributed by atoms with Gasteiger partial charge in [0.05, 0.1) is 6.54 Å². The Bertz CT molecular complexity index is 696. The minimum Gasteiger partial charge on any atom is -0.333 e. The van der Waals surface area contributed by atoms with Crippen LogP contribution in [0.25, 0.3) is 0 Å². The number of rotatable bonds is 6. The second-order valence-electron chi connectivity index (χ2n) is 5.73. The molecule has 0 aliphatic rings. The van der Waals surface area contributed by atoms with Crippen molar-refractivity contribution in [3.8, 4) is 0 Å². The Kier molecular flexibility index (Phi) is 6.38. The summed E-state index contributed by atoms with van der Waals surface area (Å²) in [5, 5.41) is 3.49. The van der Waals surface area contributed by atoms with Gasteiger partial charge < -0.3 is 10.2 Å². The molecule has 0 unspecified atom stereocenters. The maximum Gasteiger partial charge on any atom is 0.243 e. The molecule has 0 atom stereocenters. The molecule has 0 spiro atoms. The van der Waals surface area contributed by atoms with E-state index < -0.39 is 0 Å². The van der Waals surface area contributed by atoms with Crippen LogP contribution in [0.3, 0.4) is 0 Å². The largest absolute Gasteiger partial charge is 0.333 e. The number of hydrogen-bond donors (Lipinski definition) is 1. The number of hydrogen-bond acceptors (Lipinski definition) is 2. The molecule has 1 N–H and O–H groups in total. The third-order valence-corrected chi connectivity index (χ3v) is 3.95.